The minimum Gasteiger partial charge on any atom is -0.293 e. The van der Waals surface area contributed by atoms with Crippen LogP contribution in [0.1, 0.15) is 60.8 Å². The Morgan fingerprint density at radius 3 is 2.66 bits per heavy atom. The molecule has 3 aliphatic rings. The molecule has 1 amide bonds. The summed E-state index contributed by atoms with van der Waals surface area (Å²) in [5.74, 6) is 2.26. The highest BCUT2D eigenvalue weighted by atomic mass is 19.1. The van der Waals surface area contributed by atoms with E-state index in [1.807, 2.05) is 6.92 Å². The van der Waals surface area contributed by atoms with Crippen LogP contribution in [0, 0.1) is 18.7 Å². The van der Waals surface area contributed by atoms with E-state index in [2.05, 4.69) is 4.90 Å². The highest BCUT2D eigenvalue weighted by Crippen LogP contribution is 2.38. The number of nitrogens with zero attached hydrogens (tertiary/aromatic N) is 4. The normalized spacial score (nSPS) is 22.2. The SMILES string of the molecule is Cc1nc(C2CCCN2CC2CC2)nc2c1CCC(=O)N2Cc1ccc(F)cc1. The van der Waals surface area contributed by atoms with Crippen molar-refractivity contribution in [1.82, 2.24) is 14.9 Å². The Kier molecular flexibility index (Phi) is 4.82. The second kappa shape index (κ2) is 7.48. The topological polar surface area (TPSA) is 49.3 Å². The maximum Gasteiger partial charge on any atom is 0.228 e. The molecule has 0 radical (unpaired) electrons. The van der Waals surface area contributed by atoms with E-state index in [0.717, 1.165) is 53.9 Å². The van der Waals surface area contributed by atoms with Crippen molar-refractivity contribution < 1.29 is 9.18 Å². The molecule has 1 aliphatic carbocycles. The fourth-order valence-corrected chi connectivity index (χ4v) is 4.66. The minimum absolute atomic E-state index is 0.0760. The lowest BCUT2D eigenvalue weighted by Crippen LogP contribution is -2.37. The van der Waals surface area contributed by atoms with Gasteiger partial charge in [0.1, 0.15) is 17.5 Å². The number of fused-ring (bicyclic) bond motifs is 1. The molecule has 0 spiro atoms. The van der Waals surface area contributed by atoms with Crippen molar-refractivity contribution in [2.45, 2.75) is 58.0 Å². The van der Waals surface area contributed by atoms with Crippen molar-refractivity contribution in [3.63, 3.8) is 0 Å². The molecule has 1 aromatic heterocycles. The summed E-state index contributed by atoms with van der Waals surface area (Å²) in [6.07, 6.45) is 6.10. The molecule has 2 aromatic rings. The summed E-state index contributed by atoms with van der Waals surface area (Å²) < 4.78 is 13.3. The fourth-order valence-electron chi connectivity index (χ4n) is 4.66. The Morgan fingerprint density at radius 2 is 1.90 bits per heavy atom. The van der Waals surface area contributed by atoms with Crippen LogP contribution in [-0.2, 0) is 17.8 Å². The monoisotopic (exact) mass is 394 g/mol. The van der Waals surface area contributed by atoms with Gasteiger partial charge in [-0.3, -0.25) is 14.6 Å². The molecule has 6 heteroatoms. The van der Waals surface area contributed by atoms with Gasteiger partial charge in [0.05, 0.1) is 12.6 Å². The Morgan fingerprint density at radius 1 is 1.10 bits per heavy atom. The highest BCUT2D eigenvalue weighted by molar-refractivity contribution is 5.95. The van der Waals surface area contributed by atoms with E-state index in [1.54, 1.807) is 17.0 Å². The van der Waals surface area contributed by atoms with Gasteiger partial charge < -0.3 is 0 Å². The molecule has 1 saturated carbocycles. The fraction of sp³-hybridized carbons (Fsp3) is 0.522. The molecule has 29 heavy (non-hydrogen) atoms. The standard InChI is InChI=1S/C23H27FN4O/c1-15-19-10-11-21(29)28(14-17-6-8-18(24)9-7-17)23(19)26-22(25-15)20-3-2-12-27(20)13-16-4-5-16/h6-9,16,20H,2-5,10-14H2,1H3. The van der Waals surface area contributed by atoms with E-state index < -0.39 is 0 Å². The molecule has 152 valence electrons. The summed E-state index contributed by atoms with van der Waals surface area (Å²) in [5, 5.41) is 0. The number of hydrogen-bond acceptors (Lipinski definition) is 4. The number of aryl methyl sites for hydroxylation is 1. The smallest absolute Gasteiger partial charge is 0.228 e. The van der Waals surface area contributed by atoms with Crippen LogP contribution in [0.3, 0.4) is 0 Å². The number of amides is 1. The van der Waals surface area contributed by atoms with Crippen LogP contribution in [0.5, 0.6) is 0 Å². The number of halogens is 1. The van der Waals surface area contributed by atoms with Gasteiger partial charge in [-0.15, -0.1) is 0 Å². The third-order valence-corrected chi connectivity index (χ3v) is 6.46. The number of hydrogen-bond donors (Lipinski definition) is 0. The molecule has 5 rings (SSSR count). The van der Waals surface area contributed by atoms with Crippen molar-refractivity contribution >= 4 is 11.7 Å². The number of anilines is 1. The average molecular weight is 394 g/mol. The van der Waals surface area contributed by atoms with Crippen LogP contribution < -0.4 is 4.90 Å². The summed E-state index contributed by atoms with van der Waals surface area (Å²) in [6.45, 7) is 4.70. The first kappa shape index (κ1) is 18.7. The van der Waals surface area contributed by atoms with E-state index in [-0.39, 0.29) is 17.8 Å². The maximum absolute atomic E-state index is 13.3. The molecule has 3 heterocycles. The Hall–Kier alpha value is -2.34. The third-order valence-electron chi connectivity index (χ3n) is 6.46. The van der Waals surface area contributed by atoms with E-state index in [0.29, 0.717) is 19.4 Å². The minimum atomic E-state index is -0.267. The number of carbonyl (C=O) groups excluding carboxylic acids is 1. The summed E-state index contributed by atoms with van der Waals surface area (Å²) in [6, 6.07) is 6.61. The molecule has 1 unspecified atom stereocenters. The van der Waals surface area contributed by atoms with Gasteiger partial charge in [-0.25, -0.2) is 14.4 Å². The molecule has 1 aromatic carbocycles. The number of aromatic nitrogens is 2. The second-order valence-corrected chi connectivity index (χ2v) is 8.67. The zero-order chi connectivity index (χ0) is 20.0. The van der Waals surface area contributed by atoms with Gasteiger partial charge in [-0.05, 0) is 69.2 Å². The van der Waals surface area contributed by atoms with Crippen LogP contribution in [0.4, 0.5) is 10.2 Å². The molecule has 2 fully saturated rings. The van der Waals surface area contributed by atoms with Gasteiger partial charge in [0.2, 0.25) is 5.91 Å². The van der Waals surface area contributed by atoms with Crippen molar-refractivity contribution in [2.75, 3.05) is 18.0 Å². The highest BCUT2D eigenvalue weighted by Gasteiger charge is 2.35. The molecular formula is C23H27FN4O. The van der Waals surface area contributed by atoms with Crippen LogP contribution in [0.15, 0.2) is 24.3 Å². The Bertz CT molecular complexity index is 925. The first-order valence-corrected chi connectivity index (χ1v) is 10.7. The van der Waals surface area contributed by atoms with Crippen molar-refractivity contribution in [2.24, 2.45) is 5.92 Å². The van der Waals surface area contributed by atoms with Crippen molar-refractivity contribution in [3.8, 4) is 0 Å². The molecule has 1 atom stereocenters. The van der Waals surface area contributed by atoms with Gasteiger partial charge in [0.25, 0.3) is 0 Å². The molecule has 5 nitrogen and oxygen atoms in total. The first-order chi connectivity index (χ1) is 14.1. The van der Waals surface area contributed by atoms with Crippen LogP contribution >= 0.6 is 0 Å². The van der Waals surface area contributed by atoms with E-state index >= 15 is 0 Å². The summed E-state index contributed by atoms with van der Waals surface area (Å²) in [4.78, 5) is 26.9. The van der Waals surface area contributed by atoms with Crippen molar-refractivity contribution in [1.29, 1.82) is 0 Å². The summed E-state index contributed by atoms with van der Waals surface area (Å²) in [5.41, 5.74) is 2.96. The van der Waals surface area contributed by atoms with Gasteiger partial charge in [0.15, 0.2) is 0 Å². The van der Waals surface area contributed by atoms with E-state index in [1.165, 1.54) is 31.4 Å². The number of carbonyl (C=O) groups is 1. The molecule has 0 bridgehead atoms. The number of rotatable bonds is 5. The van der Waals surface area contributed by atoms with Gasteiger partial charge >= 0.3 is 0 Å². The average Bonchev–Trinajstić information content (AvgIpc) is 3.40. The zero-order valence-electron chi connectivity index (χ0n) is 16.9. The third kappa shape index (κ3) is 3.78. The largest absolute Gasteiger partial charge is 0.293 e. The predicted molar refractivity (Wildman–Crippen MR) is 109 cm³/mol. The predicted octanol–water partition coefficient (Wildman–Crippen LogP) is 3.95. The molecule has 1 saturated heterocycles. The molecule has 0 N–H and O–H groups in total. The van der Waals surface area contributed by atoms with Crippen molar-refractivity contribution in [3.05, 3.63) is 52.7 Å². The Labute approximate surface area is 171 Å². The van der Waals surface area contributed by atoms with E-state index in [9.17, 15) is 9.18 Å². The van der Waals surface area contributed by atoms with Crippen LogP contribution in [-0.4, -0.2) is 33.9 Å². The second-order valence-electron chi connectivity index (χ2n) is 8.67. The molecular weight excluding hydrogens is 367 g/mol. The lowest BCUT2D eigenvalue weighted by atomic mass is 10.0. The number of benzene rings is 1. The first-order valence-electron chi connectivity index (χ1n) is 10.7. The zero-order valence-corrected chi connectivity index (χ0v) is 16.9. The van der Waals surface area contributed by atoms with Gasteiger partial charge in [-0.2, -0.15) is 0 Å². The molecule has 2 aliphatic heterocycles. The summed E-state index contributed by atoms with van der Waals surface area (Å²) in [7, 11) is 0. The van der Waals surface area contributed by atoms with Gasteiger partial charge in [0, 0.05) is 24.2 Å². The Balaban J connectivity index is 1.47. The van der Waals surface area contributed by atoms with Crippen LogP contribution in [0.25, 0.3) is 0 Å². The number of likely N-dealkylation sites (tertiary alicyclic amines) is 1. The summed E-state index contributed by atoms with van der Waals surface area (Å²) >= 11 is 0. The van der Waals surface area contributed by atoms with Gasteiger partial charge in [-0.1, -0.05) is 12.1 Å². The lowest BCUT2D eigenvalue weighted by molar-refractivity contribution is -0.119. The maximum atomic E-state index is 13.3. The van der Waals surface area contributed by atoms with E-state index in [4.69, 9.17) is 9.97 Å². The van der Waals surface area contributed by atoms with Crippen LogP contribution in [0.2, 0.25) is 0 Å². The quantitative estimate of drug-likeness (QED) is 0.771. The lowest BCUT2D eigenvalue weighted by Gasteiger charge is -2.31.